The van der Waals surface area contributed by atoms with E-state index in [1.165, 1.54) is 6.07 Å². The predicted molar refractivity (Wildman–Crippen MR) is 59.4 cm³/mol. The first-order chi connectivity index (χ1) is 7.07. The second kappa shape index (κ2) is 5.09. The Balaban J connectivity index is 3.12. The van der Waals surface area contributed by atoms with Gasteiger partial charge in [0.1, 0.15) is 5.82 Å². The van der Waals surface area contributed by atoms with E-state index in [0.717, 1.165) is 5.56 Å². The van der Waals surface area contributed by atoms with E-state index < -0.39 is 0 Å². The number of para-hydroxylation sites is 1. The van der Waals surface area contributed by atoms with Crippen LogP contribution >= 0.6 is 0 Å². The average molecular weight is 212 g/mol. The number of aliphatic hydroxyl groups is 1. The Labute approximate surface area is 89.3 Å². The summed E-state index contributed by atoms with van der Waals surface area (Å²) in [5, 5.41) is 8.82. The number of nitrogens with zero attached hydrogens (tertiary/aromatic N) is 1. The molecule has 1 aromatic carbocycles. The Kier molecular flexibility index (Phi) is 4.05. The summed E-state index contributed by atoms with van der Waals surface area (Å²) >= 11 is 0. The molecule has 0 heterocycles. The van der Waals surface area contributed by atoms with Gasteiger partial charge in [-0.05, 0) is 18.6 Å². The maximum Gasteiger partial charge on any atom is 0.146 e. The van der Waals surface area contributed by atoms with Crippen LogP contribution in [-0.4, -0.2) is 25.3 Å². The van der Waals surface area contributed by atoms with E-state index in [1.54, 1.807) is 24.1 Å². The van der Waals surface area contributed by atoms with E-state index in [2.05, 4.69) is 0 Å². The van der Waals surface area contributed by atoms with Crippen LogP contribution in [0.2, 0.25) is 0 Å². The van der Waals surface area contributed by atoms with Gasteiger partial charge in [-0.15, -0.1) is 0 Å². The molecular formula is C11H17FN2O. The maximum atomic E-state index is 13.6. The number of hydrogen-bond donors (Lipinski definition) is 2. The first kappa shape index (κ1) is 11.9. The zero-order valence-electron chi connectivity index (χ0n) is 9.07. The molecule has 1 aromatic rings. The number of halogens is 1. The van der Waals surface area contributed by atoms with Gasteiger partial charge in [0.2, 0.25) is 0 Å². The van der Waals surface area contributed by atoms with E-state index in [1.807, 2.05) is 6.92 Å². The molecule has 3 N–H and O–H groups in total. The van der Waals surface area contributed by atoms with Crippen molar-refractivity contribution in [1.82, 2.24) is 0 Å². The Morgan fingerprint density at radius 2 is 2.20 bits per heavy atom. The van der Waals surface area contributed by atoms with Crippen LogP contribution < -0.4 is 10.6 Å². The lowest BCUT2D eigenvalue weighted by Gasteiger charge is -2.23. The average Bonchev–Trinajstić information content (AvgIpc) is 2.17. The number of rotatable bonds is 4. The van der Waals surface area contributed by atoms with E-state index in [0.29, 0.717) is 12.2 Å². The fraction of sp³-hybridized carbons (Fsp3) is 0.455. The van der Waals surface area contributed by atoms with Gasteiger partial charge >= 0.3 is 0 Å². The van der Waals surface area contributed by atoms with Gasteiger partial charge in [-0.3, -0.25) is 0 Å². The minimum absolute atomic E-state index is 0.0107. The minimum atomic E-state index is -0.305. The lowest BCUT2D eigenvalue weighted by molar-refractivity contribution is 0.303. The van der Waals surface area contributed by atoms with Crippen LogP contribution in [0.5, 0.6) is 0 Å². The van der Waals surface area contributed by atoms with E-state index in [-0.39, 0.29) is 18.5 Å². The molecule has 15 heavy (non-hydrogen) atoms. The number of aliphatic hydroxyl groups excluding tert-OH is 1. The molecule has 4 heteroatoms. The standard InChI is InChI=1S/C11H17FN2O/c1-8(13)9-4-3-5-10(12)11(9)14(2)6-7-15/h3-5,8,15H,6-7,13H2,1-2H3/t8-/m1/s1. The lowest BCUT2D eigenvalue weighted by atomic mass is 10.1. The normalized spacial score (nSPS) is 12.6. The van der Waals surface area contributed by atoms with Gasteiger partial charge in [-0.1, -0.05) is 12.1 Å². The Morgan fingerprint density at radius 3 is 2.73 bits per heavy atom. The van der Waals surface area contributed by atoms with Crippen LogP contribution in [0.15, 0.2) is 18.2 Å². The summed E-state index contributed by atoms with van der Waals surface area (Å²) < 4.78 is 13.6. The van der Waals surface area contributed by atoms with Gasteiger partial charge in [0.15, 0.2) is 0 Å². The number of nitrogens with two attached hydrogens (primary N) is 1. The van der Waals surface area contributed by atoms with E-state index in [4.69, 9.17) is 10.8 Å². The van der Waals surface area contributed by atoms with Gasteiger partial charge in [0.25, 0.3) is 0 Å². The van der Waals surface area contributed by atoms with Gasteiger partial charge < -0.3 is 15.7 Å². The van der Waals surface area contributed by atoms with Crippen molar-refractivity contribution in [1.29, 1.82) is 0 Å². The molecule has 1 rings (SSSR count). The van der Waals surface area contributed by atoms with Crippen LogP contribution in [0.4, 0.5) is 10.1 Å². The van der Waals surface area contributed by atoms with Crippen molar-refractivity contribution in [2.45, 2.75) is 13.0 Å². The summed E-state index contributed by atoms with van der Waals surface area (Å²) in [6.45, 7) is 2.19. The second-order valence-electron chi connectivity index (χ2n) is 3.61. The minimum Gasteiger partial charge on any atom is -0.395 e. The third kappa shape index (κ3) is 2.67. The Hall–Kier alpha value is -1.13. The van der Waals surface area contributed by atoms with Crippen molar-refractivity contribution in [3.05, 3.63) is 29.6 Å². The second-order valence-corrected chi connectivity index (χ2v) is 3.61. The molecule has 0 aromatic heterocycles. The molecule has 84 valence electrons. The van der Waals surface area contributed by atoms with Crippen molar-refractivity contribution in [2.24, 2.45) is 5.73 Å². The van der Waals surface area contributed by atoms with Crippen molar-refractivity contribution in [3.63, 3.8) is 0 Å². The molecule has 0 radical (unpaired) electrons. The van der Waals surface area contributed by atoms with Crippen LogP contribution in [0.1, 0.15) is 18.5 Å². The van der Waals surface area contributed by atoms with Gasteiger partial charge in [0.05, 0.1) is 12.3 Å². The first-order valence-electron chi connectivity index (χ1n) is 4.94. The molecule has 0 amide bonds. The Bertz CT molecular complexity index is 328. The van der Waals surface area contributed by atoms with Crippen LogP contribution in [-0.2, 0) is 0 Å². The molecule has 0 saturated heterocycles. The fourth-order valence-corrected chi connectivity index (χ4v) is 1.56. The highest BCUT2D eigenvalue weighted by Gasteiger charge is 2.14. The monoisotopic (exact) mass is 212 g/mol. The van der Waals surface area contributed by atoms with Crippen molar-refractivity contribution < 1.29 is 9.50 Å². The zero-order chi connectivity index (χ0) is 11.4. The van der Waals surface area contributed by atoms with Gasteiger partial charge in [-0.25, -0.2) is 4.39 Å². The highest BCUT2D eigenvalue weighted by molar-refractivity contribution is 5.55. The third-order valence-electron chi connectivity index (χ3n) is 2.33. The third-order valence-corrected chi connectivity index (χ3v) is 2.33. The number of hydrogen-bond acceptors (Lipinski definition) is 3. The number of benzene rings is 1. The van der Waals surface area contributed by atoms with Crippen molar-refractivity contribution >= 4 is 5.69 Å². The number of likely N-dealkylation sites (N-methyl/N-ethyl adjacent to an activating group) is 1. The predicted octanol–water partition coefficient (Wildman–Crippen LogP) is 1.27. The highest BCUT2D eigenvalue weighted by atomic mass is 19.1. The smallest absolute Gasteiger partial charge is 0.146 e. The summed E-state index contributed by atoms with van der Waals surface area (Å²) in [5.74, 6) is -0.305. The maximum absolute atomic E-state index is 13.6. The summed E-state index contributed by atoms with van der Waals surface area (Å²) in [5.41, 5.74) is 6.99. The van der Waals surface area contributed by atoms with Gasteiger partial charge in [0, 0.05) is 19.6 Å². The summed E-state index contributed by atoms with van der Waals surface area (Å²) in [6.07, 6.45) is 0. The molecule has 0 aliphatic heterocycles. The zero-order valence-corrected chi connectivity index (χ0v) is 9.07. The molecule has 0 unspecified atom stereocenters. The lowest BCUT2D eigenvalue weighted by Crippen LogP contribution is -2.25. The van der Waals surface area contributed by atoms with Gasteiger partial charge in [-0.2, -0.15) is 0 Å². The largest absolute Gasteiger partial charge is 0.395 e. The van der Waals surface area contributed by atoms with E-state index in [9.17, 15) is 4.39 Å². The van der Waals surface area contributed by atoms with E-state index >= 15 is 0 Å². The highest BCUT2D eigenvalue weighted by Crippen LogP contribution is 2.27. The fourth-order valence-electron chi connectivity index (χ4n) is 1.56. The number of anilines is 1. The molecule has 0 bridgehead atoms. The SMILES string of the molecule is C[C@@H](N)c1cccc(F)c1N(C)CCO. The molecule has 0 aliphatic rings. The van der Waals surface area contributed by atoms with Crippen molar-refractivity contribution in [3.8, 4) is 0 Å². The topological polar surface area (TPSA) is 49.5 Å². The summed E-state index contributed by atoms with van der Waals surface area (Å²) in [7, 11) is 1.74. The quantitative estimate of drug-likeness (QED) is 0.790. The van der Waals surface area contributed by atoms with Crippen LogP contribution in [0, 0.1) is 5.82 Å². The molecule has 0 spiro atoms. The molecule has 1 atom stereocenters. The van der Waals surface area contributed by atoms with Crippen LogP contribution in [0.3, 0.4) is 0 Å². The van der Waals surface area contributed by atoms with Crippen LogP contribution in [0.25, 0.3) is 0 Å². The Morgan fingerprint density at radius 1 is 1.53 bits per heavy atom. The molecule has 0 saturated carbocycles. The summed E-state index contributed by atoms with van der Waals surface area (Å²) in [6, 6.07) is 4.62. The van der Waals surface area contributed by atoms with Crippen molar-refractivity contribution in [2.75, 3.05) is 25.1 Å². The molecule has 3 nitrogen and oxygen atoms in total. The molecule has 0 aliphatic carbocycles. The molecular weight excluding hydrogens is 195 g/mol. The molecule has 0 fully saturated rings. The first-order valence-corrected chi connectivity index (χ1v) is 4.94. The summed E-state index contributed by atoms with van der Waals surface area (Å²) in [4.78, 5) is 1.67.